The van der Waals surface area contributed by atoms with Crippen LogP contribution in [-0.4, -0.2) is 48.0 Å². The predicted molar refractivity (Wildman–Crippen MR) is 74.2 cm³/mol. The first-order valence-electron chi connectivity index (χ1n) is 6.96. The van der Waals surface area contributed by atoms with E-state index in [9.17, 15) is 4.79 Å². The summed E-state index contributed by atoms with van der Waals surface area (Å²) in [5.41, 5.74) is 1.40. The fourth-order valence-corrected chi connectivity index (χ4v) is 3.20. The molecule has 19 heavy (non-hydrogen) atoms. The van der Waals surface area contributed by atoms with Gasteiger partial charge < -0.3 is 10.6 Å². The quantitative estimate of drug-likeness (QED) is 0.854. The first kappa shape index (κ1) is 12.4. The zero-order chi connectivity index (χ0) is 13.2. The van der Waals surface area contributed by atoms with E-state index in [1.807, 2.05) is 13.1 Å². The fourth-order valence-electron chi connectivity index (χ4n) is 3.20. The van der Waals surface area contributed by atoms with Crippen molar-refractivity contribution in [2.45, 2.75) is 31.3 Å². The standard InChI is InChI=1S/C14H20N4O/c1-15-10-4-6-16-12(9-10)14(19)17-11-5-8-18-7-2-3-13(11)18/h4,6,9,11,13H,2-3,5,7-8H2,1H3,(H,15,16)(H,17,19). The van der Waals surface area contributed by atoms with Crippen LogP contribution in [-0.2, 0) is 0 Å². The van der Waals surface area contributed by atoms with Crippen LogP contribution in [0, 0.1) is 0 Å². The molecule has 2 atom stereocenters. The second kappa shape index (κ2) is 5.17. The lowest BCUT2D eigenvalue weighted by atomic mass is 10.1. The van der Waals surface area contributed by atoms with Gasteiger partial charge in [0.25, 0.3) is 5.91 Å². The number of nitrogens with one attached hydrogen (secondary N) is 2. The Balaban J connectivity index is 1.67. The first-order chi connectivity index (χ1) is 9.28. The van der Waals surface area contributed by atoms with Crippen LogP contribution in [0.4, 0.5) is 5.69 Å². The van der Waals surface area contributed by atoms with E-state index in [0.717, 1.165) is 18.7 Å². The van der Waals surface area contributed by atoms with Crippen LogP contribution < -0.4 is 10.6 Å². The highest BCUT2D eigenvalue weighted by Gasteiger charge is 2.37. The summed E-state index contributed by atoms with van der Waals surface area (Å²) in [7, 11) is 1.84. The van der Waals surface area contributed by atoms with Crippen LogP contribution in [0.3, 0.4) is 0 Å². The van der Waals surface area contributed by atoms with Crippen molar-refractivity contribution in [2.24, 2.45) is 0 Å². The highest BCUT2D eigenvalue weighted by atomic mass is 16.2. The third-order valence-corrected chi connectivity index (χ3v) is 4.20. The zero-order valence-corrected chi connectivity index (χ0v) is 11.2. The summed E-state index contributed by atoms with van der Waals surface area (Å²) in [6, 6.07) is 4.47. The SMILES string of the molecule is CNc1ccnc(C(=O)NC2CCN3CCCC23)c1. The summed E-state index contributed by atoms with van der Waals surface area (Å²) in [6.07, 6.45) is 5.18. The minimum atomic E-state index is -0.0594. The Morgan fingerprint density at radius 1 is 1.42 bits per heavy atom. The third kappa shape index (κ3) is 2.42. The average molecular weight is 260 g/mol. The molecule has 0 spiro atoms. The van der Waals surface area contributed by atoms with E-state index in [0.29, 0.717) is 11.7 Å². The summed E-state index contributed by atoms with van der Waals surface area (Å²) < 4.78 is 0. The number of aromatic nitrogens is 1. The largest absolute Gasteiger partial charge is 0.388 e. The molecule has 0 aliphatic carbocycles. The number of carbonyl (C=O) groups excluding carboxylic acids is 1. The molecule has 0 aromatic carbocycles. The zero-order valence-electron chi connectivity index (χ0n) is 11.2. The van der Waals surface area contributed by atoms with Gasteiger partial charge in [-0.25, -0.2) is 0 Å². The summed E-state index contributed by atoms with van der Waals surface area (Å²) in [4.78, 5) is 18.9. The fraction of sp³-hybridized carbons (Fsp3) is 0.571. The van der Waals surface area contributed by atoms with Crippen molar-refractivity contribution < 1.29 is 4.79 Å². The normalized spacial score (nSPS) is 26.2. The number of fused-ring (bicyclic) bond motifs is 1. The summed E-state index contributed by atoms with van der Waals surface area (Å²) in [5, 5.41) is 6.17. The van der Waals surface area contributed by atoms with E-state index >= 15 is 0 Å². The van der Waals surface area contributed by atoms with Gasteiger partial charge in [0.1, 0.15) is 5.69 Å². The molecular formula is C14H20N4O. The van der Waals surface area contributed by atoms with Crippen molar-refractivity contribution in [3.8, 4) is 0 Å². The molecule has 102 valence electrons. The highest BCUT2D eigenvalue weighted by molar-refractivity contribution is 5.93. The molecule has 0 radical (unpaired) electrons. The molecule has 5 nitrogen and oxygen atoms in total. The lowest BCUT2D eigenvalue weighted by molar-refractivity contribution is 0.0924. The Kier molecular flexibility index (Phi) is 3.38. The number of anilines is 1. The molecular weight excluding hydrogens is 240 g/mol. The number of carbonyl (C=O) groups is 1. The van der Waals surface area contributed by atoms with Gasteiger partial charge >= 0.3 is 0 Å². The van der Waals surface area contributed by atoms with E-state index in [1.54, 1.807) is 12.3 Å². The lowest BCUT2D eigenvalue weighted by Gasteiger charge is -2.21. The number of amides is 1. The number of hydrogen-bond acceptors (Lipinski definition) is 4. The van der Waals surface area contributed by atoms with Gasteiger partial charge in [-0.1, -0.05) is 0 Å². The van der Waals surface area contributed by atoms with E-state index in [4.69, 9.17) is 0 Å². The van der Waals surface area contributed by atoms with Crippen LogP contribution in [0.2, 0.25) is 0 Å². The topological polar surface area (TPSA) is 57.3 Å². The smallest absolute Gasteiger partial charge is 0.270 e. The third-order valence-electron chi connectivity index (χ3n) is 4.20. The number of pyridine rings is 1. The Labute approximate surface area is 113 Å². The Morgan fingerprint density at radius 2 is 2.32 bits per heavy atom. The first-order valence-corrected chi connectivity index (χ1v) is 6.96. The molecule has 1 amide bonds. The molecule has 2 aliphatic heterocycles. The number of nitrogens with zero attached hydrogens (tertiary/aromatic N) is 2. The van der Waals surface area contributed by atoms with Crippen molar-refractivity contribution >= 4 is 11.6 Å². The minimum Gasteiger partial charge on any atom is -0.388 e. The van der Waals surface area contributed by atoms with Gasteiger partial charge in [-0.15, -0.1) is 0 Å². The molecule has 2 N–H and O–H groups in total. The minimum absolute atomic E-state index is 0.0594. The van der Waals surface area contributed by atoms with Crippen LogP contribution in [0.15, 0.2) is 18.3 Å². The van der Waals surface area contributed by atoms with Crippen molar-refractivity contribution in [2.75, 3.05) is 25.5 Å². The van der Waals surface area contributed by atoms with E-state index < -0.39 is 0 Å². The average Bonchev–Trinajstić information content (AvgIpc) is 3.04. The Bertz CT molecular complexity index is 476. The van der Waals surface area contributed by atoms with Crippen molar-refractivity contribution in [1.29, 1.82) is 0 Å². The van der Waals surface area contributed by atoms with Gasteiger partial charge in [0.05, 0.1) is 0 Å². The summed E-state index contributed by atoms with van der Waals surface area (Å²) in [6.45, 7) is 2.30. The maximum Gasteiger partial charge on any atom is 0.270 e. The van der Waals surface area contributed by atoms with Gasteiger partial charge in [-0.3, -0.25) is 14.7 Å². The maximum atomic E-state index is 12.2. The van der Waals surface area contributed by atoms with Crippen LogP contribution in [0.25, 0.3) is 0 Å². The van der Waals surface area contributed by atoms with Crippen LogP contribution in [0.1, 0.15) is 29.8 Å². The van der Waals surface area contributed by atoms with E-state index in [1.165, 1.54) is 19.4 Å². The number of rotatable bonds is 3. The molecule has 1 aromatic rings. The highest BCUT2D eigenvalue weighted by Crippen LogP contribution is 2.28. The molecule has 0 bridgehead atoms. The molecule has 1 aromatic heterocycles. The van der Waals surface area contributed by atoms with Gasteiger partial charge in [-0.2, -0.15) is 0 Å². The molecule has 3 rings (SSSR count). The second-order valence-electron chi connectivity index (χ2n) is 5.29. The van der Waals surface area contributed by atoms with Crippen molar-refractivity contribution in [3.05, 3.63) is 24.0 Å². The molecule has 3 heterocycles. The monoisotopic (exact) mass is 260 g/mol. The van der Waals surface area contributed by atoms with E-state index in [2.05, 4.69) is 20.5 Å². The molecule has 2 fully saturated rings. The van der Waals surface area contributed by atoms with Gasteiger partial charge in [0.2, 0.25) is 0 Å². The molecule has 2 saturated heterocycles. The number of hydrogen-bond donors (Lipinski definition) is 2. The molecule has 2 unspecified atom stereocenters. The molecule has 0 saturated carbocycles. The van der Waals surface area contributed by atoms with Gasteiger partial charge in [0.15, 0.2) is 0 Å². The van der Waals surface area contributed by atoms with Crippen LogP contribution >= 0.6 is 0 Å². The molecule has 2 aliphatic rings. The maximum absolute atomic E-state index is 12.2. The Hall–Kier alpha value is -1.62. The van der Waals surface area contributed by atoms with E-state index in [-0.39, 0.29) is 11.9 Å². The predicted octanol–water partition coefficient (Wildman–Crippen LogP) is 1.09. The van der Waals surface area contributed by atoms with Gasteiger partial charge in [-0.05, 0) is 37.9 Å². The summed E-state index contributed by atoms with van der Waals surface area (Å²) in [5.74, 6) is -0.0594. The van der Waals surface area contributed by atoms with Crippen LogP contribution in [0.5, 0.6) is 0 Å². The second-order valence-corrected chi connectivity index (χ2v) is 5.29. The Morgan fingerprint density at radius 3 is 3.16 bits per heavy atom. The van der Waals surface area contributed by atoms with Gasteiger partial charge in [0, 0.05) is 37.6 Å². The molecule has 5 heteroatoms. The van der Waals surface area contributed by atoms with Crippen molar-refractivity contribution in [1.82, 2.24) is 15.2 Å². The summed E-state index contributed by atoms with van der Waals surface area (Å²) >= 11 is 0. The van der Waals surface area contributed by atoms with Crippen molar-refractivity contribution in [3.63, 3.8) is 0 Å². The lowest BCUT2D eigenvalue weighted by Crippen LogP contribution is -2.42.